The van der Waals surface area contributed by atoms with Crippen LogP contribution in [0, 0.1) is 34.6 Å². The fourth-order valence-electron chi connectivity index (χ4n) is 4.28. The molecule has 0 saturated heterocycles. The highest BCUT2D eigenvalue weighted by Gasteiger charge is 2.27. The molecule has 8 heteroatoms. The summed E-state index contributed by atoms with van der Waals surface area (Å²) in [5.41, 5.74) is 9.83. The fraction of sp³-hybridized carbons (Fsp3) is 0.200. The van der Waals surface area contributed by atoms with Crippen LogP contribution >= 0.6 is 0 Å². The first-order valence-corrected chi connectivity index (χ1v) is 13.7. The van der Waals surface area contributed by atoms with Crippen LogP contribution in [0.25, 0.3) is 5.69 Å². The number of benzene rings is 3. The summed E-state index contributed by atoms with van der Waals surface area (Å²) in [4.78, 5) is 13.0. The molecule has 1 amide bonds. The maximum absolute atomic E-state index is 13.5. The Kier molecular flexibility index (Phi) is 7.83. The Bertz CT molecular complexity index is 1590. The van der Waals surface area contributed by atoms with Gasteiger partial charge in [0.05, 0.1) is 16.8 Å². The van der Waals surface area contributed by atoms with Gasteiger partial charge in [-0.3, -0.25) is 9.10 Å². The van der Waals surface area contributed by atoms with Gasteiger partial charge < -0.3 is 4.57 Å². The molecule has 38 heavy (non-hydrogen) atoms. The first-order valence-electron chi connectivity index (χ1n) is 12.3. The van der Waals surface area contributed by atoms with Crippen molar-refractivity contribution in [3.05, 3.63) is 113 Å². The van der Waals surface area contributed by atoms with Crippen molar-refractivity contribution in [2.75, 3.05) is 10.8 Å². The number of hydrazone groups is 1. The van der Waals surface area contributed by atoms with Crippen LogP contribution < -0.4 is 9.73 Å². The van der Waals surface area contributed by atoms with E-state index in [4.69, 9.17) is 0 Å². The normalized spacial score (nSPS) is 11.6. The number of nitrogens with zero attached hydrogens (tertiary/aromatic N) is 3. The maximum Gasteiger partial charge on any atom is 0.264 e. The molecule has 0 aliphatic carbocycles. The number of aromatic nitrogens is 1. The molecule has 0 fully saturated rings. The second kappa shape index (κ2) is 11.1. The van der Waals surface area contributed by atoms with Crippen molar-refractivity contribution in [2.24, 2.45) is 5.10 Å². The van der Waals surface area contributed by atoms with Crippen LogP contribution in [-0.4, -0.2) is 31.7 Å². The predicted molar refractivity (Wildman–Crippen MR) is 153 cm³/mol. The van der Waals surface area contributed by atoms with E-state index in [-0.39, 0.29) is 4.90 Å². The Balaban J connectivity index is 1.55. The van der Waals surface area contributed by atoms with Crippen LogP contribution in [0.2, 0.25) is 0 Å². The zero-order chi connectivity index (χ0) is 27.4. The molecule has 0 saturated carbocycles. The van der Waals surface area contributed by atoms with Crippen molar-refractivity contribution in [2.45, 2.75) is 39.5 Å². The van der Waals surface area contributed by atoms with E-state index < -0.39 is 22.5 Å². The van der Waals surface area contributed by atoms with Crippen molar-refractivity contribution in [1.82, 2.24) is 9.99 Å². The molecule has 0 spiro atoms. The van der Waals surface area contributed by atoms with E-state index in [1.165, 1.54) is 5.56 Å². The number of aryl methyl sites for hydroxylation is 4. The molecule has 1 aromatic heterocycles. The minimum atomic E-state index is -3.99. The molecule has 0 atom stereocenters. The zero-order valence-corrected chi connectivity index (χ0v) is 23.1. The predicted octanol–water partition coefficient (Wildman–Crippen LogP) is 5.37. The molecule has 1 N–H and O–H groups in total. The Hall–Kier alpha value is -4.17. The molecule has 1 heterocycles. The number of amides is 1. The monoisotopic (exact) mass is 528 g/mol. The van der Waals surface area contributed by atoms with Crippen LogP contribution in [-0.2, 0) is 14.8 Å². The third kappa shape index (κ3) is 5.86. The summed E-state index contributed by atoms with van der Waals surface area (Å²) in [5, 5.41) is 4.14. The van der Waals surface area contributed by atoms with Crippen molar-refractivity contribution in [3.63, 3.8) is 0 Å². The molecular weight excluding hydrogens is 496 g/mol. The first kappa shape index (κ1) is 26.9. The van der Waals surface area contributed by atoms with Gasteiger partial charge in [-0.15, -0.1) is 0 Å². The van der Waals surface area contributed by atoms with Crippen molar-refractivity contribution >= 4 is 27.8 Å². The highest BCUT2D eigenvalue weighted by atomic mass is 32.2. The third-order valence-corrected chi connectivity index (χ3v) is 8.13. The quantitative estimate of drug-likeness (QED) is 0.247. The summed E-state index contributed by atoms with van der Waals surface area (Å²) in [6, 6.07) is 23.9. The van der Waals surface area contributed by atoms with Gasteiger partial charge in [0.2, 0.25) is 0 Å². The topological polar surface area (TPSA) is 83.8 Å². The van der Waals surface area contributed by atoms with Gasteiger partial charge in [0, 0.05) is 22.6 Å². The smallest absolute Gasteiger partial charge is 0.264 e. The summed E-state index contributed by atoms with van der Waals surface area (Å²) in [7, 11) is -3.99. The zero-order valence-electron chi connectivity index (χ0n) is 22.3. The number of hydrogen-bond donors (Lipinski definition) is 1. The Morgan fingerprint density at radius 2 is 1.50 bits per heavy atom. The van der Waals surface area contributed by atoms with Crippen LogP contribution in [0.15, 0.2) is 88.9 Å². The number of sulfonamides is 1. The van der Waals surface area contributed by atoms with Gasteiger partial charge in [0.25, 0.3) is 15.9 Å². The van der Waals surface area contributed by atoms with Crippen LogP contribution in [0.5, 0.6) is 0 Å². The minimum Gasteiger partial charge on any atom is -0.318 e. The largest absolute Gasteiger partial charge is 0.318 e. The Morgan fingerprint density at radius 3 is 2.13 bits per heavy atom. The summed E-state index contributed by atoms with van der Waals surface area (Å²) in [5.74, 6) is -0.550. The van der Waals surface area contributed by atoms with Crippen LogP contribution in [0.4, 0.5) is 5.69 Å². The van der Waals surface area contributed by atoms with Crippen LogP contribution in [0.1, 0.15) is 33.6 Å². The molecule has 0 bridgehead atoms. The molecule has 0 aliphatic heterocycles. The van der Waals surface area contributed by atoms with Gasteiger partial charge in [-0.05, 0) is 82.6 Å². The van der Waals surface area contributed by atoms with Crippen LogP contribution in [0.3, 0.4) is 0 Å². The Labute approximate surface area is 224 Å². The fourth-order valence-corrected chi connectivity index (χ4v) is 5.70. The van der Waals surface area contributed by atoms with Gasteiger partial charge in [-0.25, -0.2) is 13.8 Å². The number of nitrogens with one attached hydrogen (secondary N) is 1. The summed E-state index contributed by atoms with van der Waals surface area (Å²) >= 11 is 0. The van der Waals surface area contributed by atoms with E-state index in [1.807, 2.05) is 46.8 Å². The molecular formula is C30H32N4O3S. The standard InChI is InChI=1S/C30H32N4O3S/c1-21-9-13-27(14-10-21)34-24(4)18-26(25(34)5)19-31-32-30(35)20-33(28-8-6-7-23(3)17-28)38(36,37)29-15-11-22(2)12-16-29/h6-19H,20H2,1-5H3,(H,32,35)/b31-19-. The average molecular weight is 529 g/mol. The third-order valence-electron chi connectivity index (χ3n) is 6.34. The number of hydrogen-bond acceptors (Lipinski definition) is 4. The Morgan fingerprint density at radius 1 is 0.868 bits per heavy atom. The van der Waals surface area contributed by atoms with Crippen molar-refractivity contribution in [3.8, 4) is 5.69 Å². The molecule has 0 unspecified atom stereocenters. The van der Waals surface area contributed by atoms with E-state index >= 15 is 0 Å². The highest BCUT2D eigenvalue weighted by Crippen LogP contribution is 2.25. The lowest BCUT2D eigenvalue weighted by Gasteiger charge is -2.24. The number of anilines is 1. The van der Waals surface area contributed by atoms with E-state index in [0.29, 0.717) is 5.69 Å². The molecule has 0 radical (unpaired) electrons. The van der Waals surface area contributed by atoms with Gasteiger partial charge in [0.1, 0.15) is 6.54 Å². The SMILES string of the molecule is Cc1ccc(-n2c(C)cc(/C=N\NC(=O)CN(c3cccc(C)c3)S(=O)(=O)c3ccc(C)cc3)c2C)cc1. The second-order valence-corrected chi connectivity index (χ2v) is 11.3. The second-order valence-electron chi connectivity index (χ2n) is 9.45. The number of rotatable bonds is 8. The average Bonchev–Trinajstić information content (AvgIpc) is 3.16. The highest BCUT2D eigenvalue weighted by molar-refractivity contribution is 7.92. The number of carbonyl (C=O) groups is 1. The summed E-state index contributed by atoms with van der Waals surface area (Å²) in [6.07, 6.45) is 1.58. The van der Waals surface area contributed by atoms with Gasteiger partial charge in [0.15, 0.2) is 0 Å². The first-order chi connectivity index (χ1) is 18.1. The molecule has 4 aromatic rings. The van der Waals surface area contributed by atoms with E-state index in [2.05, 4.69) is 39.4 Å². The molecule has 0 aliphatic rings. The molecule has 3 aromatic carbocycles. The van der Waals surface area contributed by atoms with E-state index in [0.717, 1.165) is 38.1 Å². The van der Waals surface area contributed by atoms with E-state index in [1.54, 1.807) is 48.7 Å². The number of carbonyl (C=O) groups excluding carboxylic acids is 1. The molecule has 4 rings (SSSR count). The summed E-state index contributed by atoms with van der Waals surface area (Å²) < 4.78 is 30.3. The molecule has 196 valence electrons. The lowest BCUT2D eigenvalue weighted by Crippen LogP contribution is -2.39. The maximum atomic E-state index is 13.5. The minimum absolute atomic E-state index is 0.115. The van der Waals surface area contributed by atoms with Gasteiger partial charge >= 0.3 is 0 Å². The van der Waals surface area contributed by atoms with Gasteiger partial charge in [-0.1, -0.05) is 47.5 Å². The van der Waals surface area contributed by atoms with Crippen molar-refractivity contribution < 1.29 is 13.2 Å². The molecule has 7 nitrogen and oxygen atoms in total. The van der Waals surface area contributed by atoms with Crippen molar-refractivity contribution in [1.29, 1.82) is 0 Å². The van der Waals surface area contributed by atoms with Gasteiger partial charge in [-0.2, -0.15) is 5.10 Å². The van der Waals surface area contributed by atoms with E-state index in [9.17, 15) is 13.2 Å². The lowest BCUT2D eigenvalue weighted by molar-refractivity contribution is -0.119. The summed E-state index contributed by atoms with van der Waals surface area (Å²) in [6.45, 7) is 9.39. The lowest BCUT2D eigenvalue weighted by atomic mass is 10.2.